The molecule has 0 aliphatic rings. The van der Waals surface area contributed by atoms with Crippen LogP contribution in [0.1, 0.15) is 13.8 Å². The standard InChI is InChI=1S/C22H23O2S/c1-18(2)23-17-24-19-13-15-22(16-14-19)25(20-9-5-3-6-10-20)21-11-7-4-8-12-21/h3-16,18H,17H2,1-2H3/q+1. The number of ether oxygens (including phenoxy) is 2. The summed E-state index contributed by atoms with van der Waals surface area (Å²) in [4.78, 5) is 3.89. The molecule has 25 heavy (non-hydrogen) atoms. The molecule has 0 bridgehead atoms. The minimum absolute atomic E-state index is 0.123. The monoisotopic (exact) mass is 351 g/mol. The highest BCUT2D eigenvalue weighted by molar-refractivity contribution is 7.97. The Bertz CT molecular complexity index is 716. The van der Waals surface area contributed by atoms with Crippen LogP contribution in [0.25, 0.3) is 0 Å². The first-order valence-electron chi connectivity index (χ1n) is 8.43. The molecule has 0 radical (unpaired) electrons. The summed E-state index contributed by atoms with van der Waals surface area (Å²) in [6, 6.07) is 29.6. The van der Waals surface area contributed by atoms with Crippen LogP contribution in [0.15, 0.2) is 99.6 Å². The highest BCUT2D eigenvalue weighted by Gasteiger charge is 2.28. The lowest BCUT2D eigenvalue weighted by Gasteiger charge is -2.11. The molecule has 0 unspecified atom stereocenters. The predicted octanol–water partition coefficient (Wildman–Crippen LogP) is 5.54. The summed E-state index contributed by atoms with van der Waals surface area (Å²) in [5, 5.41) is 0. The maximum atomic E-state index is 5.64. The van der Waals surface area contributed by atoms with Gasteiger partial charge in [-0.2, -0.15) is 0 Å². The van der Waals surface area contributed by atoms with E-state index >= 15 is 0 Å². The molecule has 0 aliphatic carbocycles. The van der Waals surface area contributed by atoms with Gasteiger partial charge in [0, 0.05) is 0 Å². The zero-order valence-electron chi connectivity index (χ0n) is 14.6. The molecule has 3 aromatic rings. The Morgan fingerprint density at radius 1 is 0.680 bits per heavy atom. The molecule has 0 N–H and O–H groups in total. The van der Waals surface area contributed by atoms with E-state index in [0.717, 1.165) is 5.75 Å². The van der Waals surface area contributed by atoms with Gasteiger partial charge in [0.25, 0.3) is 0 Å². The van der Waals surface area contributed by atoms with Gasteiger partial charge >= 0.3 is 0 Å². The van der Waals surface area contributed by atoms with E-state index < -0.39 is 0 Å². The molecule has 3 heteroatoms. The maximum absolute atomic E-state index is 5.64. The summed E-state index contributed by atoms with van der Waals surface area (Å²) in [6.45, 7) is 4.27. The van der Waals surface area contributed by atoms with E-state index in [-0.39, 0.29) is 23.8 Å². The number of hydrogen-bond acceptors (Lipinski definition) is 2. The smallest absolute Gasteiger partial charge is 0.189 e. The SMILES string of the molecule is CC(C)OCOc1ccc([S+](c2ccccc2)c2ccccc2)cc1. The summed E-state index contributed by atoms with van der Waals surface area (Å²) in [6.07, 6.45) is 0.168. The van der Waals surface area contributed by atoms with Gasteiger partial charge in [0.05, 0.1) is 17.0 Å². The lowest BCUT2D eigenvalue weighted by atomic mass is 10.3. The van der Waals surface area contributed by atoms with Crippen molar-refractivity contribution in [2.45, 2.75) is 34.6 Å². The zero-order chi connectivity index (χ0) is 17.5. The van der Waals surface area contributed by atoms with Gasteiger partial charge in [-0.15, -0.1) is 0 Å². The minimum Gasteiger partial charge on any atom is -0.468 e. The minimum atomic E-state index is -0.123. The van der Waals surface area contributed by atoms with E-state index in [4.69, 9.17) is 9.47 Å². The molecule has 0 amide bonds. The largest absolute Gasteiger partial charge is 0.468 e. The number of benzene rings is 3. The first kappa shape index (κ1) is 17.6. The Morgan fingerprint density at radius 2 is 1.16 bits per heavy atom. The molecule has 0 saturated carbocycles. The van der Waals surface area contributed by atoms with Crippen LogP contribution in [0.3, 0.4) is 0 Å². The summed E-state index contributed by atoms with van der Waals surface area (Å²) < 4.78 is 11.1. The van der Waals surface area contributed by atoms with Crippen LogP contribution in [0.5, 0.6) is 5.75 Å². The predicted molar refractivity (Wildman–Crippen MR) is 103 cm³/mol. The Balaban J connectivity index is 1.84. The molecule has 0 aliphatic heterocycles. The van der Waals surface area contributed by atoms with E-state index in [0.29, 0.717) is 0 Å². The van der Waals surface area contributed by atoms with Crippen LogP contribution in [0.2, 0.25) is 0 Å². The lowest BCUT2D eigenvalue weighted by Crippen LogP contribution is -2.09. The Morgan fingerprint density at radius 3 is 1.64 bits per heavy atom. The molecule has 0 spiro atoms. The van der Waals surface area contributed by atoms with Crippen molar-refractivity contribution in [2.75, 3.05) is 6.79 Å². The van der Waals surface area contributed by atoms with Gasteiger partial charge in [0.1, 0.15) is 5.75 Å². The topological polar surface area (TPSA) is 18.5 Å². The van der Waals surface area contributed by atoms with Crippen LogP contribution in [-0.4, -0.2) is 12.9 Å². The van der Waals surface area contributed by atoms with Gasteiger partial charge in [0.15, 0.2) is 21.5 Å². The van der Waals surface area contributed by atoms with Crippen LogP contribution in [0, 0.1) is 0 Å². The third-order valence-electron chi connectivity index (χ3n) is 3.64. The molecular formula is C22H23O2S+. The molecule has 0 saturated heterocycles. The summed E-state index contributed by atoms with van der Waals surface area (Å²) >= 11 is 0. The summed E-state index contributed by atoms with van der Waals surface area (Å²) in [5.74, 6) is 0.828. The van der Waals surface area contributed by atoms with E-state index in [9.17, 15) is 0 Å². The highest BCUT2D eigenvalue weighted by Crippen LogP contribution is 2.31. The van der Waals surface area contributed by atoms with Gasteiger partial charge in [-0.1, -0.05) is 36.4 Å². The molecule has 2 nitrogen and oxygen atoms in total. The lowest BCUT2D eigenvalue weighted by molar-refractivity contribution is -0.0200. The second-order valence-corrected chi connectivity index (χ2v) is 7.91. The van der Waals surface area contributed by atoms with Gasteiger partial charge in [-0.25, -0.2) is 0 Å². The van der Waals surface area contributed by atoms with Crippen molar-refractivity contribution in [1.29, 1.82) is 0 Å². The van der Waals surface area contributed by atoms with Crippen molar-refractivity contribution in [3.63, 3.8) is 0 Å². The molecule has 0 heterocycles. The van der Waals surface area contributed by atoms with Crippen molar-refractivity contribution < 1.29 is 9.47 Å². The van der Waals surface area contributed by atoms with Crippen LogP contribution in [-0.2, 0) is 15.6 Å². The Kier molecular flexibility index (Phi) is 6.15. The highest BCUT2D eigenvalue weighted by atomic mass is 32.2. The van der Waals surface area contributed by atoms with Crippen molar-refractivity contribution in [3.05, 3.63) is 84.9 Å². The average molecular weight is 351 g/mol. The van der Waals surface area contributed by atoms with Gasteiger partial charge in [-0.3, -0.25) is 0 Å². The van der Waals surface area contributed by atoms with Crippen molar-refractivity contribution in [3.8, 4) is 5.75 Å². The zero-order valence-corrected chi connectivity index (χ0v) is 15.4. The van der Waals surface area contributed by atoms with E-state index in [1.165, 1.54) is 14.7 Å². The van der Waals surface area contributed by atoms with Crippen molar-refractivity contribution >= 4 is 10.9 Å². The first-order valence-corrected chi connectivity index (χ1v) is 9.65. The molecule has 0 aromatic heterocycles. The molecule has 128 valence electrons. The fourth-order valence-corrected chi connectivity index (χ4v) is 4.51. The van der Waals surface area contributed by atoms with E-state index in [1.54, 1.807) is 0 Å². The fourth-order valence-electron chi connectivity index (χ4n) is 2.43. The summed E-state index contributed by atoms with van der Waals surface area (Å²) in [5.41, 5.74) is 0. The fraction of sp³-hybridized carbons (Fsp3) is 0.182. The first-order chi connectivity index (χ1) is 12.2. The number of hydrogen-bond donors (Lipinski definition) is 0. The van der Waals surface area contributed by atoms with Crippen LogP contribution < -0.4 is 4.74 Å². The van der Waals surface area contributed by atoms with E-state index in [1.807, 2.05) is 26.0 Å². The van der Waals surface area contributed by atoms with Crippen molar-refractivity contribution in [1.82, 2.24) is 0 Å². The quantitative estimate of drug-likeness (QED) is 0.411. The van der Waals surface area contributed by atoms with Crippen LogP contribution in [0.4, 0.5) is 0 Å². The van der Waals surface area contributed by atoms with Gasteiger partial charge in [-0.05, 0) is 62.4 Å². The second kappa shape index (κ2) is 8.75. The third kappa shape index (κ3) is 4.88. The molecule has 3 rings (SSSR count). The molecular weight excluding hydrogens is 328 g/mol. The van der Waals surface area contributed by atoms with Gasteiger partial charge in [0.2, 0.25) is 0 Å². The summed E-state index contributed by atoms with van der Waals surface area (Å²) in [7, 11) is -0.123. The normalized spacial score (nSPS) is 11.0. The Hall–Kier alpha value is -2.23. The molecule has 0 fully saturated rings. The molecule has 3 aromatic carbocycles. The maximum Gasteiger partial charge on any atom is 0.189 e. The third-order valence-corrected chi connectivity index (χ3v) is 5.87. The van der Waals surface area contributed by atoms with Crippen molar-refractivity contribution in [2.24, 2.45) is 0 Å². The number of rotatable bonds is 7. The van der Waals surface area contributed by atoms with Gasteiger partial charge < -0.3 is 9.47 Å². The van der Waals surface area contributed by atoms with Crippen LogP contribution >= 0.6 is 0 Å². The van der Waals surface area contributed by atoms with E-state index in [2.05, 4.69) is 72.8 Å². The Labute approximate surface area is 152 Å². The second-order valence-electron chi connectivity index (χ2n) is 5.88. The average Bonchev–Trinajstić information content (AvgIpc) is 2.65. The molecule has 0 atom stereocenters.